The Morgan fingerprint density at radius 3 is 2.67 bits per heavy atom. The summed E-state index contributed by atoms with van der Waals surface area (Å²) in [4.78, 5) is 6.07. The minimum atomic E-state index is 0.400. The lowest BCUT2D eigenvalue weighted by Gasteiger charge is -2.17. The van der Waals surface area contributed by atoms with Gasteiger partial charge >= 0.3 is 0 Å². The summed E-state index contributed by atoms with van der Waals surface area (Å²) in [6.07, 6.45) is 16.2. The normalized spacial score (nSPS) is 20.7. The van der Waals surface area contributed by atoms with Gasteiger partial charge in [0.15, 0.2) is 0 Å². The molecular formula is C24H31N3O2S. The highest BCUT2D eigenvalue weighted by molar-refractivity contribution is 7.07. The zero-order chi connectivity index (χ0) is 20.8. The van der Waals surface area contributed by atoms with Crippen molar-refractivity contribution < 1.29 is 9.47 Å². The van der Waals surface area contributed by atoms with Gasteiger partial charge in [-0.05, 0) is 56.2 Å². The molecule has 0 bridgehead atoms. The lowest BCUT2D eigenvalue weighted by Crippen LogP contribution is -2.19. The molecule has 30 heavy (non-hydrogen) atoms. The Hall–Kier alpha value is -2.34. The van der Waals surface area contributed by atoms with Gasteiger partial charge < -0.3 is 9.47 Å². The van der Waals surface area contributed by atoms with Crippen molar-refractivity contribution in [1.82, 2.24) is 4.68 Å². The van der Waals surface area contributed by atoms with E-state index in [1.54, 1.807) is 25.6 Å². The molecule has 2 aliphatic carbocycles. The van der Waals surface area contributed by atoms with Gasteiger partial charge in [-0.1, -0.05) is 31.4 Å². The number of rotatable bonds is 6. The van der Waals surface area contributed by atoms with Crippen molar-refractivity contribution in [3.63, 3.8) is 0 Å². The molecule has 1 aromatic heterocycles. The van der Waals surface area contributed by atoms with Crippen LogP contribution in [0.25, 0.3) is 11.3 Å². The number of hydrogen-bond acceptors (Lipinski definition) is 5. The first-order valence-corrected chi connectivity index (χ1v) is 11.8. The Morgan fingerprint density at radius 2 is 1.93 bits per heavy atom. The molecule has 2 aromatic rings. The Balaban J connectivity index is 1.77. The van der Waals surface area contributed by atoms with Crippen molar-refractivity contribution in [3.8, 4) is 22.8 Å². The summed E-state index contributed by atoms with van der Waals surface area (Å²) < 4.78 is 13.1. The molecule has 1 saturated carbocycles. The zero-order valence-corrected chi connectivity index (χ0v) is 18.7. The van der Waals surface area contributed by atoms with Crippen molar-refractivity contribution in [2.45, 2.75) is 57.4 Å². The number of ether oxygens (including phenoxy) is 2. The van der Waals surface area contributed by atoms with E-state index in [9.17, 15) is 0 Å². The summed E-state index contributed by atoms with van der Waals surface area (Å²) in [6, 6.07) is 6.28. The van der Waals surface area contributed by atoms with Gasteiger partial charge in [0, 0.05) is 17.2 Å². The lowest BCUT2D eigenvalue weighted by atomic mass is 9.96. The van der Waals surface area contributed by atoms with Gasteiger partial charge in [0.05, 0.1) is 26.0 Å². The van der Waals surface area contributed by atoms with Crippen LogP contribution in [0.4, 0.5) is 0 Å². The molecule has 4 rings (SSSR count). The maximum atomic E-state index is 5.65. The van der Waals surface area contributed by atoms with E-state index in [1.807, 2.05) is 22.9 Å². The Bertz CT molecular complexity index is 967. The van der Waals surface area contributed by atoms with Crippen LogP contribution in [0.5, 0.6) is 11.5 Å². The average Bonchev–Trinajstić information content (AvgIpc) is 3.20. The standard InChI is InChI=1S/C24H31N3O2S/c1-28-20-13-14-23(29-2)21(15-20)22-17-30-24(26-19-11-7-4-8-12-19)27(22)25-16-18-9-5-3-6-10-18/h3,5,13-19H,4,6-12H2,1-2H3. The lowest BCUT2D eigenvalue weighted by molar-refractivity contribution is 0.404. The highest BCUT2D eigenvalue weighted by Crippen LogP contribution is 2.34. The van der Waals surface area contributed by atoms with Crippen molar-refractivity contribution in [2.24, 2.45) is 16.0 Å². The van der Waals surface area contributed by atoms with Crippen LogP contribution in [0.3, 0.4) is 0 Å². The van der Waals surface area contributed by atoms with Gasteiger partial charge in [0.1, 0.15) is 11.5 Å². The van der Waals surface area contributed by atoms with E-state index in [1.165, 1.54) is 32.1 Å². The van der Waals surface area contributed by atoms with Gasteiger partial charge in [-0.25, -0.2) is 4.68 Å². The maximum absolute atomic E-state index is 5.65. The molecule has 6 heteroatoms. The molecule has 0 amide bonds. The first-order valence-electron chi connectivity index (χ1n) is 10.9. The number of allylic oxidation sites excluding steroid dienone is 2. The largest absolute Gasteiger partial charge is 0.497 e. The average molecular weight is 426 g/mol. The van der Waals surface area contributed by atoms with Crippen LogP contribution in [-0.4, -0.2) is 31.2 Å². The molecule has 0 aliphatic heterocycles. The number of methoxy groups -OCH3 is 2. The molecule has 1 aromatic carbocycles. The third-order valence-electron chi connectivity index (χ3n) is 5.94. The predicted octanol–water partition coefficient (Wildman–Crippen LogP) is 5.66. The van der Waals surface area contributed by atoms with Gasteiger partial charge in [-0.15, -0.1) is 11.3 Å². The Morgan fingerprint density at radius 1 is 1.07 bits per heavy atom. The first-order chi connectivity index (χ1) is 14.8. The van der Waals surface area contributed by atoms with Gasteiger partial charge in [-0.3, -0.25) is 4.99 Å². The van der Waals surface area contributed by atoms with Crippen LogP contribution >= 0.6 is 11.3 Å². The molecule has 2 aliphatic rings. The van der Waals surface area contributed by atoms with E-state index in [2.05, 4.69) is 23.7 Å². The fraction of sp³-hybridized carbons (Fsp3) is 0.500. The summed E-state index contributed by atoms with van der Waals surface area (Å²) in [5, 5.41) is 7.08. The van der Waals surface area contributed by atoms with E-state index < -0.39 is 0 Å². The minimum Gasteiger partial charge on any atom is -0.497 e. The molecule has 0 N–H and O–H groups in total. The predicted molar refractivity (Wildman–Crippen MR) is 124 cm³/mol. The molecule has 1 unspecified atom stereocenters. The molecule has 160 valence electrons. The van der Waals surface area contributed by atoms with E-state index in [-0.39, 0.29) is 0 Å². The van der Waals surface area contributed by atoms with Crippen LogP contribution in [0.1, 0.15) is 51.4 Å². The molecule has 1 fully saturated rings. The number of thiazole rings is 1. The van der Waals surface area contributed by atoms with E-state index in [0.29, 0.717) is 12.0 Å². The molecule has 0 saturated heterocycles. The van der Waals surface area contributed by atoms with Crippen LogP contribution in [0, 0.1) is 5.92 Å². The van der Waals surface area contributed by atoms with Crippen LogP contribution in [0.15, 0.2) is 45.8 Å². The Kier molecular flexibility index (Phi) is 7.05. The maximum Gasteiger partial charge on any atom is 0.206 e. The second-order valence-corrected chi connectivity index (χ2v) is 8.85. The minimum absolute atomic E-state index is 0.400. The SMILES string of the molecule is COc1ccc(OC)c(-c2csc(=NC3CCCCC3)n2N=CC2CC=CCC2)c1. The number of aromatic nitrogens is 1. The summed E-state index contributed by atoms with van der Waals surface area (Å²) in [5.74, 6) is 2.09. The van der Waals surface area contributed by atoms with Crippen LogP contribution in [0.2, 0.25) is 0 Å². The smallest absolute Gasteiger partial charge is 0.206 e. The van der Waals surface area contributed by atoms with Gasteiger partial charge in [0.2, 0.25) is 4.80 Å². The van der Waals surface area contributed by atoms with E-state index in [0.717, 1.165) is 46.8 Å². The van der Waals surface area contributed by atoms with Crippen molar-refractivity contribution in [1.29, 1.82) is 0 Å². The summed E-state index contributed by atoms with van der Waals surface area (Å²) in [7, 11) is 3.39. The van der Waals surface area contributed by atoms with Gasteiger partial charge in [0.25, 0.3) is 0 Å². The Labute approximate surface area is 182 Å². The van der Waals surface area contributed by atoms with Crippen LogP contribution < -0.4 is 14.3 Å². The summed E-state index contributed by atoms with van der Waals surface area (Å²) in [5.41, 5.74) is 1.96. The zero-order valence-electron chi connectivity index (χ0n) is 17.9. The van der Waals surface area contributed by atoms with E-state index >= 15 is 0 Å². The molecule has 1 heterocycles. The molecule has 0 radical (unpaired) electrons. The topological polar surface area (TPSA) is 48.1 Å². The molecule has 0 spiro atoms. The number of benzene rings is 1. The second kappa shape index (κ2) is 10.1. The van der Waals surface area contributed by atoms with Crippen molar-refractivity contribution >= 4 is 17.6 Å². The van der Waals surface area contributed by atoms with Crippen molar-refractivity contribution in [2.75, 3.05) is 14.2 Å². The summed E-state index contributed by atoms with van der Waals surface area (Å²) in [6.45, 7) is 0. The quantitative estimate of drug-likeness (QED) is 0.443. The summed E-state index contributed by atoms with van der Waals surface area (Å²) >= 11 is 1.66. The highest BCUT2D eigenvalue weighted by Gasteiger charge is 2.17. The van der Waals surface area contributed by atoms with Gasteiger partial charge in [-0.2, -0.15) is 5.10 Å². The third kappa shape index (κ3) is 4.86. The monoisotopic (exact) mass is 425 g/mol. The molecule has 1 atom stereocenters. The highest BCUT2D eigenvalue weighted by atomic mass is 32.1. The van der Waals surface area contributed by atoms with E-state index in [4.69, 9.17) is 19.6 Å². The third-order valence-corrected chi connectivity index (χ3v) is 6.77. The molecule has 5 nitrogen and oxygen atoms in total. The molecular weight excluding hydrogens is 394 g/mol. The fourth-order valence-electron chi connectivity index (χ4n) is 4.18. The second-order valence-electron chi connectivity index (χ2n) is 8.01. The first kappa shape index (κ1) is 20.9. The number of hydrogen-bond donors (Lipinski definition) is 0. The van der Waals surface area contributed by atoms with Crippen LogP contribution in [-0.2, 0) is 0 Å². The van der Waals surface area contributed by atoms with Crippen molar-refractivity contribution in [3.05, 3.63) is 40.5 Å². The number of nitrogens with zero attached hydrogens (tertiary/aromatic N) is 3. The fourth-order valence-corrected chi connectivity index (χ4v) is 5.08.